The Bertz CT molecular complexity index is 954. The van der Waals surface area contributed by atoms with Gasteiger partial charge in [-0.15, -0.1) is 36.2 Å². The highest BCUT2D eigenvalue weighted by atomic mass is 35.5. The van der Waals surface area contributed by atoms with Crippen LogP contribution in [0.1, 0.15) is 34.4 Å². The van der Waals surface area contributed by atoms with Crippen LogP contribution in [0.5, 0.6) is 0 Å². The molecule has 0 fully saturated rings. The summed E-state index contributed by atoms with van der Waals surface area (Å²) in [7, 11) is 2.03. The number of halogens is 2. The molecule has 0 N–H and O–H groups in total. The molecule has 0 aliphatic heterocycles. The predicted molar refractivity (Wildman–Crippen MR) is 128 cm³/mol. The summed E-state index contributed by atoms with van der Waals surface area (Å²) in [5, 5.41) is 3.17. The van der Waals surface area contributed by atoms with Crippen molar-refractivity contribution in [2.75, 3.05) is 13.6 Å². The fourth-order valence-corrected chi connectivity index (χ4v) is 3.47. The third-order valence-corrected chi connectivity index (χ3v) is 5.37. The highest BCUT2D eigenvalue weighted by Crippen LogP contribution is 2.27. The summed E-state index contributed by atoms with van der Waals surface area (Å²) < 4.78 is 0. The topological polar surface area (TPSA) is 54.3 Å². The molecule has 8 heteroatoms. The first-order valence-electron chi connectivity index (χ1n) is 9.04. The summed E-state index contributed by atoms with van der Waals surface area (Å²) in [6.45, 7) is 9.18. The number of thiazole rings is 1. The van der Waals surface area contributed by atoms with E-state index in [2.05, 4.69) is 58.1 Å². The molecule has 0 unspecified atom stereocenters. The molecule has 2 aromatic heterocycles. The lowest BCUT2D eigenvalue weighted by Crippen LogP contribution is -2.14. The molecule has 2 heterocycles. The standard InChI is InChI=1S/C21H25N5S.2ClH/c1-6-26(5)13-24-19-8-14(2)17(7-15(19)3)9-21-25-20(12-27-21)18-10-22-16(4)23-11-18;;/h7-8,10-13H,6,9H2,1-5H3;2*1H. The van der Waals surface area contributed by atoms with E-state index in [0.29, 0.717) is 0 Å². The Labute approximate surface area is 189 Å². The maximum Gasteiger partial charge on any atom is 0.125 e. The third kappa shape index (κ3) is 6.49. The lowest BCUT2D eigenvalue weighted by atomic mass is 10.0. The summed E-state index contributed by atoms with van der Waals surface area (Å²) in [5.74, 6) is 0.771. The molecule has 156 valence electrons. The number of aliphatic imine (C=N–C) groups is 1. The van der Waals surface area contributed by atoms with E-state index in [4.69, 9.17) is 4.98 Å². The summed E-state index contributed by atoms with van der Waals surface area (Å²) in [6.07, 6.45) is 6.37. The minimum absolute atomic E-state index is 0. The Balaban J connectivity index is 0.00000210. The lowest BCUT2D eigenvalue weighted by Gasteiger charge is -2.11. The van der Waals surface area contributed by atoms with Gasteiger partial charge in [0.2, 0.25) is 0 Å². The summed E-state index contributed by atoms with van der Waals surface area (Å²) in [6, 6.07) is 4.39. The maximum atomic E-state index is 4.77. The van der Waals surface area contributed by atoms with Gasteiger partial charge in [-0.25, -0.2) is 19.9 Å². The average molecular weight is 452 g/mol. The van der Waals surface area contributed by atoms with Crippen molar-refractivity contribution in [3.05, 3.63) is 57.4 Å². The molecule has 1 aromatic carbocycles. The molecule has 29 heavy (non-hydrogen) atoms. The zero-order valence-electron chi connectivity index (χ0n) is 17.3. The molecule has 0 saturated carbocycles. The summed E-state index contributed by atoms with van der Waals surface area (Å²) in [4.78, 5) is 20.0. The van der Waals surface area contributed by atoms with Gasteiger partial charge in [-0.2, -0.15) is 0 Å². The van der Waals surface area contributed by atoms with Gasteiger partial charge in [0.05, 0.1) is 22.7 Å². The third-order valence-electron chi connectivity index (χ3n) is 4.52. The molecular weight excluding hydrogens is 425 g/mol. The van der Waals surface area contributed by atoms with Crippen molar-refractivity contribution in [2.45, 2.75) is 34.1 Å². The SMILES string of the molecule is CCN(C)C=Nc1cc(C)c(Cc2nc(-c3cnc(C)nc3)cs2)cc1C.Cl.Cl. The smallest absolute Gasteiger partial charge is 0.125 e. The van der Waals surface area contributed by atoms with E-state index in [9.17, 15) is 0 Å². The Morgan fingerprint density at radius 1 is 1.07 bits per heavy atom. The van der Waals surface area contributed by atoms with Gasteiger partial charge in [0.15, 0.2) is 0 Å². The van der Waals surface area contributed by atoms with Crippen molar-refractivity contribution < 1.29 is 0 Å². The second-order valence-corrected chi connectivity index (χ2v) is 7.65. The van der Waals surface area contributed by atoms with Crippen LogP contribution >= 0.6 is 36.2 Å². The number of rotatable bonds is 6. The van der Waals surface area contributed by atoms with Gasteiger partial charge in [-0.3, -0.25) is 0 Å². The maximum absolute atomic E-state index is 4.77. The van der Waals surface area contributed by atoms with Crippen LogP contribution in [0.2, 0.25) is 0 Å². The fraction of sp³-hybridized carbons (Fsp3) is 0.333. The molecule has 0 aliphatic rings. The van der Waals surface area contributed by atoms with Crippen molar-refractivity contribution in [3.8, 4) is 11.3 Å². The Kier molecular flexibility index (Phi) is 9.70. The number of hydrogen-bond donors (Lipinski definition) is 0. The summed E-state index contributed by atoms with van der Waals surface area (Å²) in [5.41, 5.74) is 6.63. The number of aromatic nitrogens is 3. The van der Waals surface area contributed by atoms with Crippen molar-refractivity contribution in [1.29, 1.82) is 0 Å². The molecular formula is C21H27Cl2N5S. The van der Waals surface area contributed by atoms with Gasteiger partial charge in [0.25, 0.3) is 0 Å². The summed E-state index contributed by atoms with van der Waals surface area (Å²) >= 11 is 1.68. The van der Waals surface area contributed by atoms with Crippen LogP contribution < -0.4 is 0 Å². The zero-order chi connectivity index (χ0) is 19.4. The van der Waals surface area contributed by atoms with E-state index < -0.39 is 0 Å². The molecule has 0 saturated heterocycles. The van der Waals surface area contributed by atoms with Gasteiger partial charge in [-0.1, -0.05) is 6.07 Å². The number of nitrogens with zero attached hydrogens (tertiary/aromatic N) is 5. The van der Waals surface area contributed by atoms with Crippen molar-refractivity contribution in [3.63, 3.8) is 0 Å². The quantitative estimate of drug-likeness (QED) is 0.362. The first kappa shape index (κ1) is 25.0. The van der Waals surface area contributed by atoms with Crippen molar-refractivity contribution >= 4 is 48.2 Å². The molecule has 5 nitrogen and oxygen atoms in total. The number of hydrogen-bond acceptors (Lipinski definition) is 5. The van der Waals surface area contributed by atoms with Crippen molar-refractivity contribution in [2.24, 2.45) is 4.99 Å². The lowest BCUT2D eigenvalue weighted by molar-refractivity contribution is 0.552. The normalized spacial score (nSPS) is 10.5. The molecule has 0 radical (unpaired) electrons. The van der Waals surface area contributed by atoms with E-state index in [1.165, 1.54) is 16.7 Å². The van der Waals surface area contributed by atoms with Crippen LogP contribution in [0.3, 0.4) is 0 Å². The molecule has 0 amide bonds. The molecule has 0 bridgehead atoms. The van der Waals surface area contributed by atoms with Crippen LogP contribution in [0, 0.1) is 20.8 Å². The van der Waals surface area contributed by atoms with Crippen LogP contribution in [-0.2, 0) is 6.42 Å². The largest absolute Gasteiger partial charge is 0.366 e. The Morgan fingerprint density at radius 3 is 2.41 bits per heavy atom. The van der Waals surface area contributed by atoms with Gasteiger partial charge in [-0.05, 0) is 50.5 Å². The Hall–Kier alpha value is -2.02. The second kappa shape index (κ2) is 11.2. The molecule has 3 rings (SSSR count). The van der Waals surface area contributed by atoms with E-state index in [1.807, 2.05) is 32.7 Å². The first-order valence-corrected chi connectivity index (χ1v) is 9.92. The molecule has 0 spiro atoms. The van der Waals surface area contributed by atoms with Crippen molar-refractivity contribution in [1.82, 2.24) is 19.9 Å². The van der Waals surface area contributed by atoms with E-state index in [-0.39, 0.29) is 24.8 Å². The Morgan fingerprint density at radius 2 is 1.76 bits per heavy atom. The van der Waals surface area contributed by atoms with Gasteiger partial charge >= 0.3 is 0 Å². The average Bonchev–Trinajstić information content (AvgIpc) is 3.12. The van der Waals surface area contributed by atoms with E-state index >= 15 is 0 Å². The highest BCUT2D eigenvalue weighted by Gasteiger charge is 2.10. The van der Waals surface area contributed by atoms with Gasteiger partial charge < -0.3 is 4.90 Å². The van der Waals surface area contributed by atoms with E-state index in [1.54, 1.807) is 11.3 Å². The molecule has 0 atom stereocenters. The predicted octanol–water partition coefficient (Wildman–Crippen LogP) is 5.57. The minimum Gasteiger partial charge on any atom is -0.366 e. The molecule has 3 aromatic rings. The first-order chi connectivity index (χ1) is 13.0. The van der Waals surface area contributed by atoms with Crippen LogP contribution in [-0.4, -0.2) is 39.8 Å². The monoisotopic (exact) mass is 451 g/mol. The van der Waals surface area contributed by atoms with E-state index in [0.717, 1.165) is 40.7 Å². The van der Waals surface area contributed by atoms with Crippen LogP contribution in [0.4, 0.5) is 5.69 Å². The molecule has 0 aliphatic carbocycles. The second-order valence-electron chi connectivity index (χ2n) is 6.71. The number of aryl methyl sites for hydroxylation is 3. The zero-order valence-corrected chi connectivity index (χ0v) is 19.8. The van der Waals surface area contributed by atoms with Gasteiger partial charge in [0, 0.05) is 43.4 Å². The van der Waals surface area contributed by atoms with Gasteiger partial charge in [0.1, 0.15) is 5.82 Å². The fourth-order valence-electron chi connectivity index (χ4n) is 2.65. The van der Waals surface area contributed by atoms with Crippen LogP contribution in [0.25, 0.3) is 11.3 Å². The minimum atomic E-state index is 0. The highest BCUT2D eigenvalue weighted by molar-refractivity contribution is 7.10. The number of benzene rings is 1. The van der Waals surface area contributed by atoms with Crippen LogP contribution in [0.15, 0.2) is 34.9 Å².